The van der Waals surface area contributed by atoms with Crippen LogP contribution >= 0.6 is 0 Å². The Bertz CT molecular complexity index is 173. The molecule has 0 aliphatic carbocycles. The summed E-state index contributed by atoms with van der Waals surface area (Å²) in [5, 5.41) is 0. The first-order valence-corrected chi connectivity index (χ1v) is 4.57. The molecule has 1 fully saturated rings. The minimum Gasteiger partial charge on any atom is -0.345 e. The van der Waals surface area contributed by atoms with Crippen LogP contribution in [0.3, 0.4) is 0 Å². The molecule has 2 nitrogen and oxygen atoms in total. The van der Waals surface area contributed by atoms with Gasteiger partial charge in [0.1, 0.15) is 6.10 Å². The Kier molecular flexibility index (Phi) is 2.91. The summed E-state index contributed by atoms with van der Waals surface area (Å²) in [4.78, 5) is 0. The second-order valence-electron chi connectivity index (χ2n) is 3.64. The van der Waals surface area contributed by atoms with Crippen LogP contribution in [0, 0.1) is 0 Å². The average molecular weight is 170 g/mol. The van der Waals surface area contributed by atoms with Crippen molar-refractivity contribution in [3.8, 4) is 0 Å². The smallest absolute Gasteiger partial charge is 0.164 e. The summed E-state index contributed by atoms with van der Waals surface area (Å²) in [5.41, 5.74) is 0. The monoisotopic (exact) mass is 170 g/mol. The highest BCUT2D eigenvalue weighted by Gasteiger charge is 2.36. The quantitative estimate of drug-likeness (QED) is 0.593. The van der Waals surface area contributed by atoms with E-state index in [2.05, 4.69) is 19.1 Å². The summed E-state index contributed by atoms with van der Waals surface area (Å²) in [6.45, 7) is 8.05. The molecular weight excluding hydrogens is 152 g/mol. The van der Waals surface area contributed by atoms with Crippen LogP contribution in [0.1, 0.15) is 34.1 Å². The molecule has 1 saturated heterocycles. The molecule has 0 aromatic rings. The second-order valence-corrected chi connectivity index (χ2v) is 3.64. The number of hydrogen-bond acceptors (Lipinski definition) is 2. The maximum atomic E-state index is 5.65. The summed E-state index contributed by atoms with van der Waals surface area (Å²) in [6.07, 6.45) is 5.54. The van der Waals surface area contributed by atoms with E-state index in [9.17, 15) is 0 Å². The van der Waals surface area contributed by atoms with E-state index in [-0.39, 0.29) is 12.2 Å². The van der Waals surface area contributed by atoms with Crippen molar-refractivity contribution in [1.29, 1.82) is 0 Å². The lowest BCUT2D eigenvalue weighted by molar-refractivity contribution is -0.141. The van der Waals surface area contributed by atoms with Gasteiger partial charge in [0.05, 0.1) is 6.10 Å². The lowest BCUT2D eigenvalue weighted by atomic mass is 10.2. The zero-order valence-electron chi connectivity index (χ0n) is 8.33. The van der Waals surface area contributed by atoms with Crippen LogP contribution in [0.5, 0.6) is 0 Å². The van der Waals surface area contributed by atoms with Gasteiger partial charge in [0.25, 0.3) is 0 Å². The molecule has 0 spiro atoms. The van der Waals surface area contributed by atoms with Crippen LogP contribution in [0.25, 0.3) is 0 Å². The summed E-state index contributed by atoms with van der Waals surface area (Å²) in [5.74, 6) is -0.415. The first-order chi connectivity index (χ1) is 5.55. The highest BCUT2D eigenvalue weighted by Crippen LogP contribution is 2.28. The minimum absolute atomic E-state index is 0.125. The van der Waals surface area contributed by atoms with Gasteiger partial charge in [-0.05, 0) is 27.2 Å². The van der Waals surface area contributed by atoms with Gasteiger partial charge in [-0.15, -0.1) is 0 Å². The molecule has 70 valence electrons. The van der Waals surface area contributed by atoms with Crippen molar-refractivity contribution >= 4 is 0 Å². The molecule has 12 heavy (non-hydrogen) atoms. The maximum absolute atomic E-state index is 5.65. The van der Waals surface area contributed by atoms with Gasteiger partial charge in [-0.2, -0.15) is 0 Å². The van der Waals surface area contributed by atoms with Crippen molar-refractivity contribution in [1.82, 2.24) is 0 Å². The highest BCUT2D eigenvalue weighted by atomic mass is 16.7. The van der Waals surface area contributed by atoms with E-state index in [1.807, 2.05) is 20.8 Å². The number of allylic oxidation sites excluding steroid dienone is 1. The number of hydrogen-bond donors (Lipinski definition) is 0. The third-order valence-corrected chi connectivity index (χ3v) is 1.91. The molecule has 1 rings (SSSR count). The van der Waals surface area contributed by atoms with Gasteiger partial charge in [-0.25, -0.2) is 0 Å². The van der Waals surface area contributed by atoms with Crippen LogP contribution in [-0.2, 0) is 9.47 Å². The minimum atomic E-state index is -0.415. The van der Waals surface area contributed by atoms with Crippen molar-refractivity contribution in [3.05, 3.63) is 12.2 Å². The molecule has 0 unspecified atom stereocenters. The van der Waals surface area contributed by atoms with Crippen LogP contribution < -0.4 is 0 Å². The van der Waals surface area contributed by atoms with E-state index >= 15 is 0 Å². The molecule has 0 saturated carbocycles. The first kappa shape index (κ1) is 9.75. The Balaban J connectivity index is 2.52. The van der Waals surface area contributed by atoms with E-state index in [0.29, 0.717) is 0 Å². The molecule has 1 heterocycles. The zero-order valence-corrected chi connectivity index (χ0v) is 8.33. The molecule has 0 amide bonds. The Labute approximate surface area is 74.6 Å². The fraction of sp³-hybridized carbons (Fsp3) is 0.800. The van der Waals surface area contributed by atoms with Gasteiger partial charge in [-0.3, -0.25) is 0 Å². The standard InChI is InChI=1S/C10H18O2/c1-5-6-7-9-8(2)11-10(3,4)12-9/h6-9H,5H2,1-4H3/b7-6+/t8-,9+/m1/s1. The summed E-state index contributed by atoms with van der Waals surface area (Å²) in [6, 6.07) is 0. The molecule has 0 radical (unpaired) electrons. The lowest BCUT2D eigenvalue weighted by Crippen LogP contribution is -2.20. The Morgan fingerprint density at radius 3 is 2.42 bits per heavy atom. The van der Waals surface area contributed by atoms with Crippen LogP contribution in [0.4, 0.5) is 0 Å². The molecular formula is C10H18O2. The van der Waals surface area contributed by atoms with Crippen molar-refractivity contribution in [2.45, 2.75) is 52.1 Å². The van der Waals surface area contributed by atoms with Crippen molar-refractivity contribution in [2.75, 3.05) is 0 Å². The van der Waals surface area contributed by atoms with Gasteiger partial charge in [-0.1, -0.05) is 19.1 Å². The van der Waals surface area contributed by atoms with Gasteiger partial charge in [0.15, 0.2) is 5.79 Å². The van der Waals surface area contributed by atoms with E-state index in [0.717, 1.165) is 6.42 Å². The topological polar surface area (TPSA) is 18.5 Å². The van der Waals surface area contributed by atoms with E-state index < -0.39 is 5.79 Å². The van der Waals surface area contributed by atoms with Gasteiger partial charge in [0.2, 0.25) is 0 Å². The SMILES string of the molecule is CC/C=C/[C@@H]1OC(C)(C)O[C@@H]1C. The number of rotatable bonds is 2. The van der Waals surface area contributed by atoms with Crippen LogP contribution in [0.2, 0.25) is 0 Å². The third-order valence-electron chi connectivity index (χ3n) is 1.91. The van der Waals surface area contributed by atoms with Gasteiger partial charge in [0, 0.05) is 0 Å². The van der Waals surface area contributed by atoms with Crippen molar-refractivity contribution in [2.24, 2.45) is 0 Å². The molecule has 2 atom stereocenters. The van der Waals surface area contributed by atoms with Gasteiger partial charge >= 0.3 is 0 Å². The van der Waals surface area contributed by atoms with Crippen LogP contribution in [0.15, 0.2) is 12.2 Å². The Morgan fingerprint density at radius 1 is 1.33 bits per heavy atom. The fourth-order valence-corrected chi connectivity index (χ4v) is 1.43. The highest BCUT2D eigenvalue weighted by molar-refractivity contribution is 4.96. The number of ether oxygens (including phenoxy) is 2. The predicted octanol–water partition coefficient (Wildman–Crippen LogP) is 2.49. The lowest BCUT2D eigenvalue weighted by Gasteiger charge is -2.15. The van der Waals surface area contributed by atoms with Gasteiger partial charge < -0.3 is 9.47 Å². The molecule has 0 aromatic carbocycles. The molecule has 2 heteroatoms. The average Bonchev–Trinajstić information content (AvgIpc) is 2.20. The molecule has 0 bridgehead atoms. The van der Waals surface area contributed by atoms with Crippen molar-refractivity contribution in [3.63, 3.8) is 0 Å². The Hall–Kier alpha value is -0.340. The maximum Gasteiger partial charge on any atom is 0.164 e. The van der Waals surface area contributed by atoms with E-state index in [4.69, 9.17) is 9.47 Å². The van der Waals surface area contributed by atoms with Crippen molar-refractivity contribution < 1.29 is 9.47 Å². The van der Waals surface area contributed by atoms with Crippen LogP contribution in [-0.4, -0.2) is 18.0 Å². The zero-order chi connectivity index (χ0) is 9.19. The molecule has 1 aliphatic heterocycles. The summed E-state index contributed by atoms with van der Waals surface area (Å²) < 4.78 is 11.2. The fourth-order valence-electron chi connectivity index (χ4n) is 1.43. The van der Waals surface area contributed by atoms with E-state index in [1.54, 1.807) is 0 Å². The predicted molar refractivity (Wildman–Crippen MR) is 48.9 cm³/mol. The summed E-state index contributed by atoms with van der Waals surface area (Å²) in [7, 11) is 0. The molecule has 0 aromatic heterocycles. The Morgan fingerprint density at radius 2 is 2.00 bits per heavy atom. The first-order valence-electron chi connectivity index (χ1n) is 4.57. The molecule has 0 N–H and O–H groups in total. The largest absolute Gasteiger partial charge is 0.345 e. The third kappa shape index (κ3) is 2.32. The summed E-state index contributed by atoms with van der Waals surface area (Å²) >= 11 is 0. The molecule has 1 aliphatic rings. The van der Waals surface area contributed by atoms with E-state index in [1.165, 1.54) is 0 Å². The second kappa shape index (κ2) is 3.58. The normalized spacial score (nSPS) is 34.7.